The van der Waals surface area contributed by atoms with Crippen molar-refractivity contribution in [2.75, 3.05) is 30.4 Å². The third-order valence-electron chi connectivity index (χ3n) is 3.21. The van der Waals surface area contributed by atoms with Crippen LogP contribution >= 0.6 is 0 Å². The van der Waals surface area contributed by atoms with E-state index in [2.05, 4.69) is 44.0 Å². The van der Waals surface area contributed by atoms with E-state index in [1.54, 1.807) is 6.33 Å². The molecule has 0 saturated carbocycles. The summed E-state index contributed by atoms with van der Waals surface area (Å²) < 4.78 is 5.76. The SMILES string of the molecule is CNc1nc(N2C[C@@H](C)O[C@@H](C)C2)c2[nH]cnc2n1. The molecule has 2 N–H and O–H groups in total. The van der Waals surface area contributed by atoms with Gasteiger partial charge < -0.3 is 19.9 Å². The Bertz CT molecular complexity index is 573. The molecule has 7 heteroatoms. The van der Waals surface area contributed by atoms with Gasteiger partial charge in [-0.15, -0.1) is 0 Å². The van der Waals surface area contributed by atoms with Crippen molar-refractivity contribution in [3.05, 3.63) is 6.33 Å². The van der Waals surface area contributed by atoms with E-state index in [0.717, 1.165) is 24.4 Å². The Morgan fingerprint density at radius 2 is 2.05 bits per heavy atom. The molecule has 0 radical (unpaired) electrons. The van der Waals surface area contributed by atoms with E-state index in [1.807, 2.05) is 7.05 Å². The molecular weight excluding hydrogens is 244 g/mol. The second kappa shape index (κ2) is 4.65. The van der Waals surface area contributed by atoms with Crippen LogP contribution < -0.4 is 10.2 Å². The fourth-order valence-corrected chi connectivity index (χ4v) is 2.51. The normalized spacial score (nSPS) is 23.8. The van der Waals surface area contributed by atoms with Gasteiger partial charge in [0.1, 0.15) is 5.52 Å². The van der Waals surface area contributed by atoms with Crippen molar-refractivity contribution in [1.82, 2.24) is 19.9 Å². The monoisotopic (exact) mass is 262 g/mol. The fraction of sp³-hybridized carbons (Fsp3) is 0.583. The number of H-pyrrole nitrogens is 1. The zero-order valence-corrected chi connectivity index (χ0v) is 11.3. The maximum absolute atomic E-state index is 5.76. The van der Waals surface area contributed by atoms with Crippen LogP contribution in [0.3, 0.4) is 0 Å². The topological polar surface area (TPSA) is 79.0 Å². The molecule has 3 rings (SSSR count). The van der Waals surface area contributed by atoms with Gasteiger partial charge in [0.25, 0.3) is 0 Å². The van der Waals surface area contributed by atoms with Gasteiger partial charge in [-0.3, -0.25) is 0 Å². The lowest BCUT2D eigenvalue weighted by Crippen LogP contribution is -2.46. The summed E-state index contributed by atoms with van der Waals surface area (Å²) >= 11 is 0. The minimum Gasteiger partial charge on any atom is -0.372 e. The number of imidazole rings is 1. The summed E-state index contributed by atoms with van der Waals surface area (Å²) in [7, 11) is 1.81. The number of nitrogens with zero attached hydrogens (tertiary/aromatic N) is 4. The first kappa shape index (κ1) is 12.2. The maximum atomic E-state index is 5.76. The molecule has 0 bridgehead atoms. The van der Waals surface area contributed by atoms with Crippen LogP contribution in [-0.2, 0) is 4.74 Å². The molecule has 2 aromatic rings. The molecule has 3 heterocycles. The molecule has 7 nitrogen and oxygen atoms in total. The molecule has 102 valence electrons. The van der Waals surface area contributed by atoms with E-state index in [9.17, 15) is 0 Å². The van der Waals surface area contributed by atoms with Gasteiger partial charge in [-0.25, -0.2) is 4.98 Å². The summed E-state index contributed by atoms with van der Waals surface area (Å²) in [6.07, 6.45) is 2.03. The standard InChI is InChI=1S/C12H18N6O/c1-7-4-18(5-8(2)19-7)11-9-10(15-6-14-9)16-12(13-3)17-11/h6-8H,4-5H2,1-3H3,(H2,13,14,15,16,17)/t7-,8+. The number of aromatic nitrogens is 4. The molecule has 0 aliphatic carbocycles. The van der Waals surface area contributed by atoms with Crippen LogP contribution in [0.4, 0.5) is 11.8 Å². The van der Waals surface area contributed by atoms with Crippen molar-refractivity contribution in [1.29, 1.82) is 0 Å². The first-order chi connectivity index (χ1) is 9.17. The number of hydrogen-bond donors (Lipinski definition) is 2. The van der Waals surface area contributed by atoms with E-state index in [4.69, 9.17) is 4.74 Å². The Morgan fingerprint density at radius 1 is 1.32 bits per heavy atom. The van der Waals surface area contributed by atoms with Crippen molar-refractivity contribution in [3.8, 4) is 0 Å². The van der Waals surface area contributed by atoms with Gasteiger partial charge in [0.05, 0.1) is 18.5 Å². The summed E-state index contributed by atoms with van der Waals surface area (Å²) in [5.41, 5.74) is 1.56. The lowest BCUT2D eigenvalue weighted by atomic mass is 10.2. The third-order valence-corrected chi connectivity index (χ3v) is 3.21. The Hall–Kier alpha value is -1.89. The Kier molecular flexibility index (Phi) is 2.98. The van der Waals surface area contributed by atoms with E-state index < -0.39 is 0 Å². The van der Waals surface area contributed by atoms with Crippen LogP contribution in [-0.4, -0.2) is 52.3 Å². The van der Waals surface area contributed by atoms with Crippen LogP contribution in [0.15, 0.2) is 6.33 Å². The van der Waals surface area contributed by atoms with Crippen LogP contribution in [0, 0.1) is 0 Å². The molecule has 19 heavy (non-hydrogen) atoms. The van der Waals surface area contributed by atoms with Crippen molar-refractivity contribution in [2.24, 2.45) is 0 Å². The van der Waals surface area contributed by atoms with Gasteiger partial charge >= 0.3 is 0 Å². The quantitative estimate of drug-likeness (QED) is 0.841. The average Bonchev–Trinajstić information content (AvgIpc) is 2.84. The zero-order chi connectivity index (χ0) is 13.4. The minimum atomic E-state index is 0.190. The molecular formula is C12H18N6O. The highest BCUT2D eigenvalue weighted by Crippen LogP contribution is 2.25. The smallest absolute Gasteiger partial charge is 0.226 e. The first-order valence-corrected chi connectivity index (χ1v) is 6.46. The molecule has 1 aliphatic heterocycles. The summed E-state index contributed by atoms with van der Waals surface area (Å²) in [6.45, 7) is 5.79. The highest BCUT2D eigenvalue weighted by atomic mass is 16.5. The van der Waals surface area contributed by atoms with E-state index in [0.29, 0.717) is 11.6 Å². The Morgan fingerprint density at radius 3 is 2.74 bits per heavy atom. The van der Waals surface area contributed by atoms with Crippen molar-refractivity contribution in [3.63, 3.8) is 0 Å². The van der Waals surface area contributed by atoms with Crippen LogP contribution in [0.5, 0.6) is 0 Å². The van der Waals surface area contributed by atoms with Crippen LogP contribution in [0.1, 0.15) is 13.8 Å². The summed E-state index contributed by atoms with van der Waals surface area (Å²) in [4.78, 5) is 18.4. The number of aromatic amines is 1. The predicted octanol–water partition coefficient (Wildman–Crippen LogP) is 1.01. The molecule has 0 amide bonds. The van der Waals surface area contributed by atoms with Gasteiger partial charge in [-0.1, -0.05) is 0 Å². The lowest BCUT2D eigenvalue weighted by molar-refractivity contribution is -0.00537. The first-order valence-electron chi connectivity index (χ1n) is 6.46. The molecule has 0 spiro atoms. The molecule has 1 aliphatic rings. The van der Waals surface area contributed by atoms with Gasteiger partial charge in [0.2, 0.25) is 5.95 Å². The largest absolute Gasteiger partial charge is 0.372 e. The van der Waals surface area contributed by atoms with Crippen molar-refractivity contribution >= 4 is 22.9 Å². The Balaban J connectivity index is 2.05. The number of hydrogen-bond acceptors (Lipinski definition) is 6. The summed E-state index contributed by atoms with van der Waals surface area (Å²) in [5.74, 6) is 1.47. The summed E-state index contributed by atoms with van der Waals surface area (Å²) in [5, 5.41) is 2.98. The minimum absolute atomic E-state index is 0.190. The highest BCUT2D eigenvalue weighted by Gasteiger charge is 2.25. The third kappa shape index (κ3) is 2.21. The van der Waals surface area contributed by atoms with Gasteiger partial charge in [-0.2, -0.15) is 9.97 Å². The van der Waals surface area contributed by atoms with E-state index in [-0.39, 0.29) is 12.2 Å². The molecule has 2 aromatic heterocycles. The van der Waals surface area contributed by atoms with Gasteiger partial charge in [-0.05, 0) is 13.8 Å². The molecule has 0 aromatic carbocycles. The number of ether oxygens (including phenoxy) is 1. The van der Waals surface area contributed by atoms with Crippen LogP contribution in [0.25, 0.3) is 11.2 Å². The van der Waals surface area contributed by atoms with Crippen molar-refractivity contribution < 1.29 is 4.74 Å². The number of rotatable bonds is 2. The summed E-state index contributed by atoms with van der Waals surface area (Å²) in [6, 6.07) is 0. The van der Waals surface area contributed by atoms with Gasteiger partial charge in [0, 0.05) is 20.1 Å². The lowest BCUT2D eigenvalue weighted by Gasteiger charge is -2.36. The van der Waals surface area contributed by atoms with E-state index in [1.165, 1.54) is 0 Å². The molecule has 0 unspecified atom stereocenters. The highest BCUT2D eigenvalue weighted by molar-refractivity contribution is 5.84. The number of morpholine rings is 1. The average molecular weight is 262 g/mol. The number of nitrogens with one attached hydrogen (secondary N) is 2. The van der Waals surface area contributed by atoms with Crippen molar-refractivity contribution in [2.45, 2.75) is 26.1 Å². The molecule has 1 saturated heterocycles. The Labute approximate surface area is 111 Å². The fourth-order valence-electron chi connectivity index (χ4n) is 2.51. The maximum Gasteiger partial charge on any atom is 0.226 e. The number of fused-ring (bicyclic) bond motifs is 1. The predicted molar refractivity (Wildman–Crippen MR) is 73.5 cm³/mol. The zero-order valence-electron chi connectivity index (χ0n) is 11.3. The van der Waals surface area contributed by atoms with E-state index >= 15 is 0 Å². The van der Waals surface area contributed by atoms with Crippen LogP contribution in [0.2, 0.25) is 0 Å². The second-order valence-corrected chi connectivity index (χ2v) is 4.88. The number of anilines is 2. The molecule has 2 atom stereocenters. The molecule has 1 fully saturated rings. The second-order valence-electron chi connectivity index (χ2n) is 4.88. The van der Waals surface area contributed by atoms with Gasteiger partial charge in [0.15, 0.2) is 11.5 Å².